The third kappa shape index (κ3) is 3.78. The quantitative estimate of drug-likeness (QED) is 0.744. The maximum absolute atomic E-state index is 12.1. The van der Waals surface area contributed by atoms with Crippen molar-refractivity contribution in [1.29, 1.82) is 0 Å². The molecular formula is C16H16F2O. The average molecular weight is 262 g/mol. The van der Waals surface area contributed by atoms with Gasteiger partial charge in [-0.15, -0.1) is 0 Å². The van der Waals surface area contributed by atoms with Crippen molar-refractivity contribution in [2.24, 2.45) is 0 Å². The highest BCUT2D eigenvalue weighted by Crippen LogP contribution is 2.24. The molecular weight excluding hydrogens is 246 g/mol. The lowest BCUT2D eigenvalue weighted by Crippen LogP contribution is -2.01. The van der Waals surface area contributed by atoms with Crippen molar-refractivity contribution in [3.05, 3.63) is 54.1 Å². The Morgan fingerprint density at radius 1 is 1.00 bits per heavy atom. The van der Waals surface area contributed by atoms with E-state index in [1.807, 2.05) is 12.1 Å². The van der Waals surface area contributed by atoms with Crippen molar-refractivity contribution < 1.29 is 13.5 Å². The summed E-state index contributed by atoms with van der Waals surface area (Å²) < 4.78 is 28.5. The van der Waals surface area contributed by atoms with E-state index in [-0.39, 0.29) is 5.75 Å². The molecule has 0 heterocycles. The van der Waals surface area contributed by atoms with Gasteiger partial charge in [-0.1, -0.05) is 49.7 Å². The molecule has 2 rings (SSSR count). The van der Waals surface area contributed by atoms with Crippen LogP contribution in [0.5, 0.6) is 5.75 Å². The summed E-state index contributed by atoms with van der Waals surface area (Å²) in [5, 5.41) is 0. The van der Waals surface area contributed by atoms with E-state index in [1.54, 1.807) is 24.3 Å². The lowest BCUT2D eigenvalue weighted by molar-refractivity contribution is -0.0498. The molecule has 19 heavy (non-hydrogen) atoms. The predicted molar refractivity (Wildman–Crippen MR) is 72.5 cm³/mol. The van der Waals surface area contributed by atoms with Gasteiger partial charge in [0.05, 0.1) is 0 Å². The minimum Gasteiger partial charge on any atom is -0.435 e. The summed E-state index contributed by atoms with van der Waals surface area (Å²) in [5.41, 5.74) is 3.38. The molecule has 0 amide bonds. The fourth-order valence-electron chi connectivity index (χ4n) is 2.02. The van der Waals surface area contributed by atoms with Crippen LogP contribution in [0.25, 0.3) is 11.1 Å². The number of benzene rings is 2. The third-order valence-corrected chi connectivity index (χ3v) is 2.88. The maximum Gasteiger partial charge on any atom is 0.387 e. The summed E-state index contributed by atoms with van der Waals surface area (Å²) in [6.45, 7) is -0.637. The highest BCUT2D eigenvalue weighted by Gasteiger charge is 2.04. The molecule has 0 aromatic heterocycles. The Balaban J connectivity index is 2.19. The van der Waals surface area contributed by atoms with Crippen molar-refractivity contribution in [3.8, 4) is 16.9 Å². The Bertz CT molecular complexity index is 521. The first kappa shape index (κ1) is 13.5. The Labute approximate surface area is 111 Å². The molecule has 0 N–H and O–H groups in total. The summed E-state index contributed by atoms with van der Waals surface area (Å²) in [4.78, 5) is 0. The fourth-order valence-corrected chi connectivity index (χ4v) is 2.02. The Hall–Kier alpha value is -1.90. The summed E-state index contributed by atoms with van der Waals surface area (Å²) >= 11 is 0. The molecule has 1 nitrogen and oxygen atoms in total. The van der Waals surface area contributed by atoms with Crippen LogP contribution < -0.4 is 4.74 Å². The van der Waals surface area contributed by atoms with E-state index >= 15 is 0 Å². The van der Waals surface area contributed by atoms with Gasteiger partial charge in [-0.2, -0.15) is 8.78 Å². The molecule has 3 heteroatoms. The molecule has 0 spiro atoms. The number of hydrogen-bond acceptors (Lipinski definition) is 1. The first-order chi connectivity index (χ1) is 9.19. The van der Waals surface area contributed by atoms with E-state index in [0.717, 1.165) is 24.0 Å². The highest BCUT2D eigenvalue weighted by molar-refractivity contribution is 5.64. The van der Waals surface area contributed by atoms with E-state index in [2.05, 4.69) is 23.8 Å². The van der Waals surface area contributed by atoms with E-state index in [9.17, 15) is 8.78 Å². The number of halogens is 2. The van der Waals surface area contributed by atoms with Crippen molar-refractivity contribution >= 4 is 0 Å². The van der Waals surface area contributed by atoms with Gasteiger partial charge < -0.3 is 4.74 Å². The summed E-state index contributed by atoms with van der Waals surface area (Å²) in [7, 11) is 0. The van der Waals surface area contributed by atoms with E-state index in [0.29, 0.717) is 0 Å². The monoisotopic (exact) mass is 262 g/mol. The number of hydrogen-bond donors (Lipinski definition) is 0. The zero-order valence-corrected chi connectivity index (χ0v) is 10.8. The molecule has 0 bridgehead atoms. The van der Waals surface area contributed by atoms with Crippen LogP contribution in [0.15, 0.2) is 48.5 Å². The van der Waals surface area contributed by atoms with Gasteiger partial charge in [0.25, 0.3) is 0 Å². The lowest BCUT2D eigenvalue weighted by atomic mass is 10.0. The molecule has 0 radical (unpaired) electrons. The minimum absolute atomic E-state index is 0.184. The molecule has 2 aromatic carbocycles. The fraction of sp³-hybridized carbons (Fsp3) is 0.250. The molecule has 0 unspecified atom stereocenters. The van der Waals surface area contributed by atoms with Crippen molar-refractivity contribution in [2.75, 3.05) is 0 Å². The van der Waals surface area contributed by atoms with E-state index < -0.39 is 6.61 Å². The van der Waals surface area contributed by atoms with Gasteiger partial charge in [-0.3, -0.25) is 0 Å². The number of ether oxygens (including phenoxy) is 1. The molecule has 0 atom stereocenters. The molecule has 0 aliphatic rings. The Morgan fingerprint density at radius 3 is 2.37 bits per heavy atom. The summed E-state index contributed by atoms with van der Waals surface area (Å²) in [6.07, 6.45) is 2.14. The minimum atomic E-state index is -2.78. The lowest BCUT2D eigenvalue weighted by Gasteiger charge is -2.07. The first-order valence-corrected chi connectivity index (χ1v) is 6.33. The molecule has 100 valence electrons. The second-order valence-electron chi connectivity index (χ2n) is 4.35. The SMILES string of the molecule is CCCc1cccc(-c2ccc(OC(F)F)cc2)c1. The molecule has 0 aliphatic heterocycles. The number of aryl methyl sites for hydroxylation is 1. The average Bonchev–Trinajstić information content (AvgIpc) is 2.40. The van der Waals surface area contributed by atoms with Crippen LogP contribution in [0.3, 0.4) is 0 Å². The standard InChI is InChI=1S/C16H16F2O/c1-2-4-12-5-3-6-14(11-12)13-7-9-15(10-8-13)19-16(17)18/h3,5-11,16H,2,4H2,1H3. The highest BCUT2D eigenvalue weighted by atomic mass is 19.3. The molecule has 2 aromatic rings. The maximum atomic E-state index is 12.1. The van der Waals surface area contributed by atoms with Gasteiger partial charge in [0.2, 0.25) is 0 Å². The number of rotatable bonds is 5. The third-order valence-electron chi connectivity index (χ3n) is 2.88. The van der Waals surface area contributed by atoms with Crippen LogP contribution in [0.4, 0.5) is 8.78 Å². The smallest absolute Gasteiger partial charge is 0.387 e. The number of alkyl halides is 2. The van der Waals surface area contributed by atoms with Crippen LogP contribution in [0.2, 0.25) is 0 Å². The van der Waals surface area contributed by atoms with Crippen LogP contribution in [0, 0.1) is 0 Å². The first-order valence-electron chi connectivity index (χ1n) is 6.33. The summed E-state index contributed by atoms with van der Waals surface area (Å²) in [5.74, 6) is 0.184. The predicted octanol–water partition coefficient (Wildman–Crippen LogP) is 4.91. The van der Waals surface area contributed by atoms with Crippen LogP contribution in [-0.2, 0) is 6.42 Å². The van der Waals surface area contributed by atoms with E-state index in [1.165, 1.54) is 5.56 Å². The summed E-state index contributed by atoms with van der Waals surface area (Å²) in [6, 6.07) is 15.0. The van der Waals surface area contributed by atoms with Gasteiger partial charge >= 0.3 is 6.61 Å². The van der Waals surface area contributed by atoms with Gasteiger partial charge in [-0.05, 0) is 35.2 Å². The van der Waals surface area contributed by atoms with Crippen LogP contribution in [0.1, 0.15) is 18.9 Å². The zero-order chi connectivity index (χ0) is 13.7. The topological polar surface area (TPSA) is 9.23 Å². The normalized spacial score (nSPS) is 10.7. The molecule has 0 aliphatic carbocycles. The largest absolute Gasteiger partial charge is 0.435 e. The van der Waals surface area contributed by atoms with Crippen LogP contribution >= 0.6 is 0 Å². The van der Waals surface area contributed by atoms with Gasteiger partial charge in [0.15, 0.2) is 0 Å². The zero-order valence-electron chi connectivity index (χ0n) is 10.8. The van der Waals surface area contributed by atoms with Crippen molar-refractivity contribution in [1.82, 2.24) is 0 Å². The van der Waals surface area contributed by atoms with Gasteiger partial charge in [0.1, 0.15) is 5.75 Å². The second kappa shape index (κ2) is 6.32. The molecule has 0 saturated heterocycles. The Morgan fingerprint density at radius 2 is 1.74 bits per heavy atom. The van der Waals surface area contributed by atoms with Crippen molar-refractivity contribution in [2.45, 2.75) is 26.4 Å². The van der Waals surface area contributed by atoms with Crippen LogP contribution in [-0.4, -0.2) is 6.61 Å². The van der Waals surface area contributed by atoms with Gasteiger partial charge in [0, 0.05) is 0 Å². The molecule has 0 fully saturated rings. The Kier molecular flexibility index (Phi) is 4.50. The molecule has 0 saturated carbocycles. The van der Waals surface area contributed by atoms with Crippen molar-refractivity contribution in [3.63, 3.8) is 0 Å². The second-order valence-corrected chi connectivity index (χ2v) is 4.35. The van der Waals surface area contributed by atoms with Gasteiger partial charge in [-0.25, -0.2) is 0 Å². The van der Waals surface area contributed by atoms with E-state index in [4.69, 9.17) is 0 Å².